The molecular formula is C10H15N3O. The van der Waals surface area contributed by atoms with Crippen molar-refractivity contribution >= 4 is 0 Å². The van der Waals surface area contributed by atoms with Crippen LogP contribution in [0.1, 0.15) is 43.9 Å². The van der Waals surface area contributed by atoms with E-state index in [-0.39, 0.29) is 0 Å². The first kappa shape index (κ1) is 8.41. The van der Waals surface area contributed by atoms with Gasteiger partial charge in [-0.05, 0) is 38.6 Å². The van der Waals surface area contributed by atoms with Crippen LogP contribution in [0.15, 0.2) is 10.9 Å². The third kappa shape index (κ3) is 1.25. The van der Waals surface area contributed by atoms with Gasteiger partial charge in [-0.25, -0.2) is 0 Å². The highest BCUT2D eigenvalue weighted by molar-refractivity contribution is 5.06. The number of nitrogens with zero attached hydrogens (tertiary/aromatic N) is 2. The quantitative estimate of drug-likeness (QED) is 0.733. The summed E-state index contributed by atoms with van der Waals surface area (Å²) < 4.78 is 5.13. The molecule has 1 saturated carbocycles. The van der Waals surface area contributed by atoms with E-state index >= 15 is 0 Å². The fraction of sp³-hybridized carbons (Fsp3) is 0.800. The summed E-state index contributed by atoms with van der Waals surface area (Å²) in [5.41, 5.74) is 0.402. The monoisotopic (exact) mass is 193 g/mol. The SMILES string of the molecule is c1noc(C2CCC3(CCCN3)C2)n1. The van der Waals surface area contributed by atoms with Crippen molar-refractivity contribution in [2.75, 3.05) is 6.54 Å². The van der Waals surface area contributed by atoms with Crippen molar-refractivity contribution < 1.29 is 4.52 Å². The predicted molar refractivity (Wildman–Crippen MR) is 50.9 cm³/mol. The molecule has 2 heterocycles. The van der Waals surface area contributed by atoms with Crippen LogP contribution in [0.2, 0.25) is 0 Å². The molecule has 0 aromatic carbocycles. The molecule has 4 heteroatoms. The lowest BCUT2D eigenvalue weighted by Gasteiger charge is -2.22. The third-order valence-corrected chi connectivity index (χ3v) is 3.67. The molecule has 1 spiro atoms. The topological polar surface area (TPSA) is 51.0 Å². The lowest BCUT2D eigenvalue weighted by Crippen LogP contribution is -2.36. The van der Waals surface area contributed by atoms with E-state index in [1.54, 1.807) is 0 Å². The van der Waals surface area contributed by atoms with Crippen molar-refractivity contribution in [1.82, 2.24) is 15.5 Å². The van der Waals surface area contributed by atoms with Crippen LogP contribution in [-0.2, 0) is 0 Å². The van der Waals surface area contributed by atoms with Gasteiger partial charge in [0.1, 0.15) is 0 Å². The highest BCUT2D eigenvalue weighted by Crippen LogP contribution is 2.44. The van der Waals surface area contributed by atoms with E-state index in [1.807, 2.05) is 0 Å². The number of aromatic nitrogens is 2. The number of nitrogens with one attached hydrogen (secondary N) is 1. The minimum absolute atomic E-state index is 0.402. The lowest BCUT2D eigenvalue weighted by atomic mass is 9.94. The summed E-state index contributed by atoms with van der Waals surface area (Å²) in [5.74, 6) is 1.32. The number of hydrogen-bond donors (Lipinski definition) is 1. The van der Waals surface area contributed by atoms with Gasteiger partial charge >= 0.3 is 0 Å². The van der Waals surface area contributed by atoms with E-state index in [0.717, 1.165) is 5.89 Å². The number of rotatable bonds is 1. The maximum Gasteiger partial charge on any atom is 0.229 e. The van der Waals surface area contributed by atoms with Gasteiger partial charge in [0.15, 0.2) is 6.33 Å². The Labute approximate surface area is 83.1 Å². The van der Waals surface area contributed by atoms with Crippen LogP contribution in [0, 0.1) is 0 Å². The molecule has 76 valence electrons. The first-order valence-electron chi connectivity index (χ1n) is 5.40. The molecule has 3 rings (SSSR count). The van der Waals surface area contributed by atoms with Crippen LogP contribution in [0.25, 0.3) is 0 Å². The van der Waals surface area contributed by atoms with Crippen molar-refractivity contribution in [3.05, 3.63) is 12.2 Å². The zero-order chi connectivity index (χ0) is 9.43. The Kier molecular flexibility index (Phi) is 1.83. The predicted octanol–water partition coefficient (Wildman–Crippen LogP) is 1.46. The summed E-state index contributed by atoms with van der Waals surface area (Å²) in [6.07, 6.45) is 7.76. The minimum atomic E-state index is 0.402. The number of hydrogen-bond acceptors (Lipinski definition) is 4. The molecule has 14 heavy (non-hydrogen) atoms. The minimum Gasteiger partial charge on any atom is -0.339 e. The largest absolute Gasteiger partial charge is 0.339 e. The van der Waals surface area contributed by atoms with Crippen molar-refractivity contribution in [1.29, 1.82) is 0 Å². The van der Waals surface area contributed by atoms with Gasteiger partial charge < -0.3 is 9.84 Å². The Morgan fingerprint density at radius 1 is 1.50 bits per heavy atom. The van der Waals surface area contributed by atoms with Gasteiger partial charge in [-0.2, -0.15) is 4.98 Å². The third-order valence-electron chi connectivity index (χ3n) is 3.67. The van der Waals surface area contributed by atoms with Crippen molar-refractivity contribution in [3.8, 4) is 0 Å². The molecular weight excluding hydrogens is 178 g/mol. The second-order valence-electron chi connectivity index (χ2n) is 4.53. The van der Waals surface area contributed by atoms with Gasteiger partial charge in [-0.1, -0.05) is 5.16 Å². The first-order chi connectivity index (χ1) is 6.88. The van der Waals surface area contributed by atoms with E-state index in [2.05, 4.69) is 15.5 Å². The second kappa shape index (κ2) is 3.05. The Hall–Kier alpha value is -0.900. The van der Waals surface area contributed by atoms with Gasteiger partial charge in [-0.15, -0.1) is 0 Å². The zero-order valence-corrected chi connectivity index (χ0v) is 8.20. The molecule has 1 aliphatic heterocycles. The Bertz CT molecular complexity index is 303. The summed E-state index contributed by atoms with van der Waals surface area (Å²) in [7, 11) is 0. The van der Waals surface area contributed by atoms with E-state index in [1.165, 1.54) is 45.0 Å². The molecule has 1 saturated heterocycles. The van der Waals surface area contributed by atoms with Crippen LogP contribution in [0.5, 0.6) is 0 Å². The van der Waals surface area contributed by atoms with Gasteiger partial charge in [0.05, 0.1) is 0 Å². The molecule has 0 amide bonds. The smallest absolute Gasteiger partial charge is 0.229 e. The molecule has 1 N–H and O–H groups in total. The van der Waals surface area contributed by atoms with Crippen LogP contribution < -0.4 is 5.32 Å². The van der Waals surface area contributed by atoms with Crippen LogP contribution >= 0.6 is 0 Å². The molecule has 2 aliphatic rings. The maximum atomic E-state index is 5.13. The van der Waals surface area contributed by atoms with Gasteiger partial charge in [0, 0.05) is 11.5 Å². The Balaban J connectivity index is 1.75. The average molecular weight is 193 g/mol. The summed E-state index contributed by atoms with van der Waals surface area (Å²) in [5, 5.41) is 7.31. The van der Waals surface area contributed by atoms with Crippen molar-refractivity contribution in [2.24, 2.45) is 0 Å². The Morgan fingerprint density at radius 2 is 2.50 bits per heavy atom. The Morgan fingerprint density at radius 3 is 3.21 bits per heavy atom. The van der Waals surface area contributed by atoms with E-state index in [9.17, 15) is 0 Å². The van der Waals surface area contributed by atoms with E-state index < -0.39 is 0 Å². The molecule has 1 aromatic rings. The highest BCUT2D eigenvalue weighted by Gasteiger charge is 2.42. The average Bonchev–Trinajstić information content (AvgIpc) is 2.91. The maximum absolute atomic E-state index is 5.13. The van der Waals surface area contributed by atoms with Crippen molar-refractivity contribution in [3.63, 3.8) is 0 Å². The first-order valence-corrected chi connectivity index (χ1v) is 5.40. The van der Waals surface area contributed by atoms with Crippen LogP contribution in [0.3, 0.4) is 0 Å². The summed E-state index contributed by atoms with van der Waals surface area (Å²) in [6, 6.07) is 0. The fourth-order valence-electron chi connectivity index (χ4n) is 2.95. The van der Waals surface area contributed by atoms with E-state index in [4.69, 9.17) is 4.52 Å². The summed E-state index contributed by atoms with van der Waals surface area (Å²) in [4.78, 5) is 4.15. The summed E-state index contributed by atoms with van der Waals surface area (Å²) in [6.45, 7) is 1.18. The summed E-state index contributed by atoms with van der Waals surface area (Å²) >= 11 is 0. The van der Waals surface area contributed by atoms with Gasteiger partial charge in [0.2, 0.25) is 5.89 Å². The molecule has 4 nitrogen and oxygen atoms in total. The highest BCUT2D eigenvalue weighted by atomic mass is 16.5. The van der Waals surface area contributed by atoms with Crippen molar-refractivity contribution in [2.45, 2.75) is 43.6 Å². The van der Waals surface area contributed by atoms with Gasteiger partial charge in [0.25, 0.3) is 0 Å². The van der Waals surface area contributed by atoms with Gasteiger partial charge in [-0.3, -0.25) is 0 Å². The molecule has 2 atom stereocenters. The molecule has 2 unspecified atom stereocenters. The standard InChI is InChI=1S/C10H15N3O/c1-3-10(12-5-1)4-2-8(6-10)9-11-7-13-14-9/h7-8,12H,1-6H2. The second-order valence-corrected chi connectivity index (χ2v) is 4.53. The van der Waals surface area contributed by atoms with Crippen LogP contribution in [-0.4, -0.2) is 22.2 Å². The molecule has 0 radical (unpaired) electrons. The molecule has 2 fully saturated rings. The van der Waals surface area contributed by atoms with E-state index in [0.29, 0.717) is 11.5 Å². The molecule has 1 aliphatic carbocycles. The molecule has 1 aromatic heterocycles. The lowest BCUT2D eigenvalue weighted by molar-refractivity contribution is 0.335. The molecule has 0 bridgehead atoms. The zero-order valence-electron chi connectivity index (χ0n) is 8.20. The normalized spacial score (nSPS) is 37.0. The fourth-order valence-corrected chi connectivity index (χ4v) is 2.95. The van der Waals surface area contributed by atoms with Crippen LogP contribution in [0.4, 0.5) is 0 Å².